The summed E-state index contributed by atoms with van der Waals surface area (Å²) in [5.74, 6) is 1.21. The van der Waals surface area contributed by atoms with Crippen LogP contribution in [0, 0.1) is 11.8 Å². The van der Waals surface area contributed by atoms with Gasteiger partial charge in [0.25, 0.3) is 0 Å². The molecule has 2 aliphatic rings. The number of carbonyl (C=O) groups excluding carboxylic acids is 2. The Hall–Kier alpha value is -3.10. The maximum absolute atomic E-state index is 12.8. The van der Waals surface area contributed by atoms with Crippen molar-refractivity contribution in [3.8, 4) is 17.1 Å². The molecule has 3 heterocycles. The van der Waals surface area contributed by atoms with E-state index in [9.17, 15) is 9.59 Å². The number of H-pyrrole nitrogens is 1. The molecule has 0 unspecified atom stereocenters. The first kappa shape index (κ1) is 21.1. The SMILES string of the molecule is CCOC(=O)N[C@H]1C[C@H](C(=O)N2CCC[C@@H](COc3ccc(-c4ccn[nH]4)nc3)C2)C1. The van der Waals surface area contributed by atoms with Crippen LogP contribution < -0.4 is 10.1 Å². The summed E-state index contributed by atoms with van der Waals surface area (Å²) < 4.78 is 10.8. The number of carbonyl (C=O) groups is 2. The number of aromatic amines is 1. The van der Waals surface area contributed by atoms with E-state index >= 15 is 0 Å². The molecular formula is C22H29N5O4. The number of amides is 2. The van der Waals surface area contributed by atoms with E-state index < -0.39 is 6.09 Å². The van der Waals surface area contributed by atoms with Gasteiger partial charge in [-0.2, -0.15) is 5.10 Å². The van der Waals surface area contributed by atoms with Crippen molar-refractivity contribution >= 4 is 12.0 Å². The van der Waals surface area contributed by atoms with Crippen LogP contribution in [-0.4, -0.2) is 64.4 Å². The van der Waals surface area contributed by atoms with Gasteiger partial charge >= 0.3 is 6.09 Å². The molecular weight excluding hydrogens is 398 g/mol. The van der Waals surface area contributed by atoms with Gasteiger partial charge in [0.1, 0.15) is 5.75 Å². The maximum atomic E-state index is 12.8. The van der Waals surface area contributed by atoms with Crippen LogP contribution >= 0.6 is 0 Å². The van der Waals surface area contributed by atoms with Gasteiger partial charge in [-0.3, -0.25) is 14.9 Å². The molecule has 31 heavy (non-hydrogen) atoms. The lowest BCUT2D eigenvalue weighted by Gasteiger charge is -2.40. The fraction of sp³-hybridized carbons (Fsp3) is 0.545. The predicted molar refractivity (Wildman–Crippen MR) is 113 cm³/mol. The quantitative estimate of drug-likeness (QED) is 0.703. The lowest BCUT2D eigenvalue weighted by Crippen LogP contribution is -2.52. The third-order valence-electron chi connectivity index (χ3n) is 5.91. The van der Waals surface area contributed by atoms with Crippen LogP contribution in [0.5, 0.6) is 5.75 Å². The number of alkyl carbamates (subject to hydrolysis) is 1. The molecule has 4 rings (SSSR count). The Kier molecular flexibility index (Phi) is 6.69. The molecule has 2 amide bonds. The average Bonchev–Trinajstić information content (AvgIpc) is 3.30. The number of nitrogens with zero attached hydrogens (tertiary/aromatic N) is 3. The molecule has 1 saturated carbocycles. The molecule has 1 aliphatic carbocycles. The zero-order valence-electron chi connectivity index (χ0n) is 17.8. The number of ether oxygens (including phenoxy) is 2. The van der Waals surface area contributed by atoms with Crippen LogP contribution in [0.15, 0.2) is 30.6 Å². The summed E-state index contributed by atoms with van der Waals surface area (Å²) in [7, 11) is 0. The number of piperidine rings is 1. The minimum absolute atomic E-state index is 0.00850. The maximum Gasteiger partial charge on any atom is 0.407 e. The lowest BCUT2D eigenvalue weighted by atomic mass is 9.79. The molecule has 0 radical (unpaired) electrons. The number of nitrogens with one attached hydrogen (secondary N) is 2. The van der Waals surface area contributed by atoms with E-state index in [0.717, 1.165) is 36.5 Å². The van der Waals surface area contributed by atoms with Gasteiger partial charge in [0, 0.05) is 37.2 Å². The fourth-order valence-corrected chi connectivity index (χ4v) is 4.17. The van der Waals surface area contributed by atoms with Crippen LogP contribution in [-0.2, 0) is 9.53 Å². The first-order chi connectivity index (χ1) is 15.1. The standard InChI is InChI=1S/C22H29N5O4/c1-2-30-22(29)25-17-10-16(11-17)21(28)27-9-3-4-15(13-27)14-31-18-5-6-19(23-12-18)20-7-8-24-26-20/h5-8,12,15-17H,2-4,9-11,13-14H2,1H3,(H,24,26)(H,25,29)/t15-,16-,17-/m1/s1. The van der Waals surface area contributed by atoms with Gasteiger partial charge < -0.3 is 19.7 Å². The van der Waals surface area contributed by atoms with Crippen LogP contribution in [0.1, 0.15) is 32.6 Å². The van der Waals surface area contributed by atoms with E-state index in [1.165, 1.54) is 0 Å². The third-order valence-corrected chi connectivity index (χ3v) is 5.91. The number of hydrogen-bond acceptors (Lipinski definition) is 6. The van der Waals surface area contributed by atoms with E-state index in [2.05, 4.69) is 20.5 Å². The number of aromatic nitrogens is 3. The molecule has 0 aromatic carbocycles. The summed E-state index contributed by atoms with van der Waals surface area (Å²) >= 11 is 0. The molecule has 0 bridgehead atoms. The van der Waals surface area contributed by atoms with Crippen molar-refractivity contribution in [2.75, 3.05) is 26.3 Å². The molecule has 9 heteroatoms. The molecule has 1 atom stereocenters. The van der Waals surface area contributed by atoms with E-state index in [0.29, 0.717) is 38.5 Å². The van der Waals surface area contributed by atoms with Gasteiger partial charge in [0.05, 0.1) is 30.8 Å². The van der Waals surface area contributed by atoms with E-state index in [1.807, 2.05) is 23.1 Å². The highest BCUT2D eigenvalue weighted by Crippen LogP contribution is 2.31. The average molecular weight is 428 g/mol. The molecule has 9 nitrogen and oxygen atoms in total. The summed E-state index contributed by atoms with van der Waals surface area (Å²) in [4.78, 5) is 30.7. The summed E-state index contributed by atoms with van der Waals surface area (Å²) in [6, 6.07) is 5.71. The highest BCUT2D eigenvalue weighted by Gasteiger charge is 2.39. The lowest BCUT2D eigenvalue weighted by molar-refractivity contribution is -0.141. The topological polar surface area (TPSA) is 109 Å². The Morgan fingerprint density at radius 1 is 1.29 bits per heavy atom. The summed E-state index contributed by atoms with van der Waals surface area (Å²) in [6.07, 6.45) is 6.40. The second-order valence-corrected chi connectivity index (χ2v) is 8.18. The van der Waals surface area contributed by atoms with E-state index in [1.54, 1.807) is 19.3 Å². The first-order valence-electron chi connectivity index (χ1n) is 10.9. The van der Waals surface area contributed by atoms with Crippen LogP contribution in [0.25, 0.3) is 11.4 Å². The zero-order chi connectivity index (χ0) is 21.6. The number of rotatable bonds is 7. The third kappa shape index (κ3) is 5.34. The molecule has 2 aromatic heterocycles. The second-order valence-electron chi connectivity index (χ2n) is 8.18. The molecule has 1 aliphatic heterocycles. The Labute approximate surface area is 181 Å². The van der Waals surface area contributed by atoms with Crippen molar-refractivity contribution in [3.63, 3.8) is 0 Å². The normalized spacial score (nSPS) is 23.0. The molecule has 166 valence electrons. The van der Waals surface area contributed by atoms with Gasteiger partial charge in [0.15, 0.2) is 0 Å². The minimum atomic E-state index is -0.402. The minimum Gasteiger partial charge on any atom is -0.492 e. The molecule has 2 aromatic rings. The van der Waals surface area contributed by atoms with Gasteiger partial charge in [-0.1, -0.05) is 0 Å². The van der Waals surface area contributed by atoms with Gasteiger partial charge in [-0.25, -0.2) is 4.79 Å². The number of likely N-dealkylation sites (tertiary alicyclic amines) is 1. The second kappa shape index (κ2) is 9.80. The van der Waals surface area contributed by atoms with Gasteiger partial charge in [-0.15, -0.1) is 0 Å². The van der Waals surface area contributed by atoms with Gasteiger partial charge in [-0.05, 0) is 50.8 Å². The highest BCUT2D eigenvalue weighted by atomic mass is 16.5. The van der Waals surface area contributed by atoms with E-state index in [-0.39, 0.29) is 17.9 Å². The number of hydrogen-bond donors (Lipinski definition) is 2. The van der Waals surface area contributed by atoms with Crippen molar-refractivity contribution in [2.24, 2.45) is 11.8 Å². The van der Waals surface area contributed by atoms with Crippen LogP contribution in [0.3, 0.4) is 0 Å². The Morgan fingerprint density at radius 2 is 2.16 bits per heavy atom. The van der Waals surface area contributed by atoms with Crippen LogP contribution in [0.4, 0.5) is 4.79 Å². The van der Waals surface area contributed by atoms with Crippen molar-refractivity contribution in [2.45, 2.75) is 38.6 Å². The summed E-state index contributed by atoms with van der Waals surface area (Å²) in [5, 5.41) is 9.63. The molecule has 2 fully saturated rings. The van der Waals surface area contributed by atoms with Crippen molar-refractivity contribution < 1.29 is 19.1 Å². The van der Waals surface area contributed by atoms with Crippen LogP contribution in [0.2, 0.25) is 0 Å². The van der Waals surface area contributed by atoms with Gasteiger partial charge in [0.2, 0.25) is 5.91 Å². The molecule has 2 N–H and O–H groups in total. The smallest absolute Gasteiger partial charge is 0.407 e. The fourth-order valence-electron chi connectivity index (χ4n) is 4.17. The summed E-state index contributed by atoms with van der Waals surface area (Å²) in [5.41, 5.74) is 1.68. The van der Waals surface area contributed by atoms with Crippen molar-refractivity contribution in [3.05, 3.63) is 30.6 Å². The van der Waals surface area contributed by atoms with Crippen molar-refractivity contribution in [1.82, 2.24) is 25.4 Å². The Morgan fingerprint density at radius 3 is 2.87 bits per heavy atom. The number of pyridine rings is 1. The first-order valence-corrected chi connectivity index (χ1v) is 10.9. The van der Waals surface area contributed by atoms with Crippen molar-refractivity contribution in [1.29, 1.82) is 0 Å². The highest BCUT2D eigenvalue weighted by molar-refractivity contribution is 5.80. The molecule has 1 saturated heterocycles. The summed E-state index contributed by atoms with van der Waals surface area (Å²) in [6.45, 7) is 4.19. The largest absolute Gasteiger partial charge is 0.492 e. The Balaban J connectivity index is 1.21. The predicted octanol–water partition coefficient (Wildman–Crippen LogP) is 2.61. The van der Waals surface area contributed by atoms with E-state index in [4.69, 9.17) is 9.47 Å². The monoisotopic (exact) mass is 427 g/mol. The molecule has 0 spiro atoms. The zero-order valence-corrected chi connectivity index (χ0v) is 17.8. The Bertz CT molecular complexity index is 865.